The van der Waals surface area contributed by atoms with Gasteiger partial charge in [-0.15, -0.1) is 0 Å². The van der Waals surface area contributed by atoms with Gasteiger partial charge in [0.2, 0.25) is 0 Å². The number of piperidine rings is 1. The van der Waals surface area contributed by atoms with Crippen molar-refractivity contribution < 1.29 is 18.0 Å². The van der Waals surface area contributed by atoms with Gasteiger partial charge in [-0.2, -0.15) is 13.2 Å². The summed E-state index contributed by atoms with van der Waals surface area (Å²) in [6.45, 7) is 4.54. The van der Waals surface area contributed by atoms with Crippen molar-refractivity contribution in [3.63, 3.8) is 0 Å². The predicted octanol–water partition coefficient (Wildman–Crippen LogP) is 4.89. The number of likely N-dealkylation sites (tertiary alicyclic amines) is 1. The molecule has 1 saturated carbocycles. The van der Waals surface area contributed by atoms with Gasteiger partial charge in [0.1, 0.15) is 11.5 Å². The fourth-order valence-corrected chi connectivity index (χ4v) is 5.15. The number of alkyl halides is 3. The monoisotopic (exact) mass is 467 g/mol. The highest BCUT2D eigenvalue weighted by Gasteiger charge is 2.47. The number of nitrogens with zero attached hydrogens (tertiary/aromatic N) is 4. The van der Waals surface area contributed by atoms with Crippen LogP contribution in [0.3, 0.4) is 0 Å². The van der Waals surface area contributed by atoms with E-state index in [0.717, 1.165) is 47.5 Å². The Hall–Kier alpha value is -3.49. The minimum atomic E-state index is -4.42. The van der Waals surface area contributed by atoms with Crippen molar-refractivity contribution in [2.45, 2.75) is 44.9 Å². The molecule has 0 spiro atoms. The summed E-state index contributed by atoms with van der Waals surface area (Å²) in [4.78, 5) is 28.5. The number of anilines is 1. The Morgan fingerprint density at radius 2 is 1.85 bits per heavy atom. The number of nitrogens with one attached hydrogen (secondary N) is 1. The van der Waals surface area contributed by atoms with Crippen LogP contribution < -0.4 is 5.32 Å². The number of carbonyl (C=O) groups excluding carboxylic acids is 1. The van der Waals surface area contributed by atoms with Crippen LogP contribution >= 0.6 is 0 Å². The molecule has 1 aliphatic carbocycles. The number of hydrogen-bond donors (Lipinski definition) is 1. The molecule has 176 valence electrons. The minimum Gasteiger partial charge on any atom is -0.365 e. The topological polar surface area (TPSA) is 71.0 Å². The molecule has 34 heavy (non-hydrogen) atoms. The number of amides is 1. The second-order valence-electron chi connectivity index (χ2n) is 9.06. The van der Waals surface area contributed by atoms with E-state index in [9.17, 15) is 18.0 Å². The normalized spacial score (nSPS) is 21.7. The van der Waals surface area contributed by atoms with E-state index in [1.54, 1.807) is 12.4 Å². The van der Waals surface area contributed by atoms with E-state index in [1.165, 1.54) is 6.07 Å². The molecule has 1 aliphatic heterocycles. The fourth-order valence-electron chi connectivity index (χ4n) is 5.15. The summed E-state index contributed by atoms with van der Waals surface area (Å²) in [6.07, 6.45) is 1.43. The maximum atomic E-state index is 13.7. The zero-order valence-electron chi connectivity index (χ0n) is 18.8. The van der Waals surface area contributed by atoms with Gasteiger partial charge in [0.05, 0.1) is 17.3 Å². The van der Waals surface area contributed by atoms with Crippen molar-refractivity contribution in [1.29, 1.82) is 0 Å². The van der Waals surface area contributed by atoms with Gasteiger partial charge in [-0.25, -0.2) is 4.98 Å². The molecule has 0 unspecified atom stereocenters. The molecular weight excluding hydrogens is 443 g/mol. The largest absolute Gasteiger partial charge is 0.417 e. The Balaban J connectivity index is 1.40. The van der Waals surface area contributed by atoms with Crippen molar-refractivity contribution in [2.75, 3.05) is 11.9 Å². The van der Waals surface area contributed by atoms with Crippen molar-refractivity contribution in [2.24, 2.45) is 5.92 Å². The first-order valence-corrected chi connectivity index (χ1v) is 11.2. The standard InChI is InChI=1S/C25H24F3N5O/c1-14-7-9-30-23(21(14)22-15(2)4-3-8-29-22)24(34)33-13-16-10-18(19(33)11-16)32-20-6-5-17(12-31-20)25(26,27)28/h3-9,12,16,18-19H,10-11,13H2,1-2H3,(H,31,32)/t16-,18+,19-/m0/s1. The number of hydrogen-bond acceptors (Lipinski definition) is 5. The van der Waals surface area contributed by atoms with Crippen LogP contribution in [-0.2, 0) is 6.18 Å². The average molecular weight is 467 g/mol. The summed E-state index contributed by atoms with van der Waals surface area (Å²) in [7, 11) is 0. The number of aromatic nitrogens is 3. The van der Waals surface area contributed by atoms with Gasteiger partial charge in [-0.3, -0.25) is 14.8 Å². The first kappa shape index (κ1) is 22.3. The molecule has 0 aromatic carbocycles. The van der Waals surface area contributed by atoms with Gasteiger partial charge in [-0.05, 0) is 68.0 Å². The van der Waals surface area contributed by atoms with Crippen LogP contribution in [0.1, 0.15) is 40.0 Å². The summed E-state index contributed by atoms with van der Waals surface area (Å²) in [5, 5.41) is 3.25. The highest BCUT2D eigenvalue weighted by Crippen LogP contribution is 2.41. The molecule has 4 heterocycles. The second-order valence-corrected chi connectivity index (χ2v) is 9.06. The lowest BCUT2D eigenvalue weighted by molar-refractivity contribution is -0.137. The number of rotatable bonds is 4. The smallest absolute Gasteiger partial charge is 0.365 e. The first-order chi connectivity index (χ1) is 16.2. The minimum absolute atomic E-state index is 0.0819. The summed E-state index contributed by atoms with van der Waals surface area (Å²) in [5.41, 5.74) is 2.95. The molecule has 3 aromatic heterocycles. The maximum absolute atomic E-state index is 13.7. The molecule has 1 saturated heterocycles. The molecule has 2 bridgehead atoms. The number of halogens is 3. The zero-order chi connectivity index (χ0) is 24.0. The molecule has 6 nitrogen and oxygen atoms in total. The second kappa shape index (κ2) is 8.38. The van der Waals surface area contributed by atoms with Crippen molar-refractivity contribution in [3.05, 3.63) is 71.3 Å². The van der Waals surface area contributed by atoms with E-state index in [2.05, 4.69) is 20.3 Å². The Morgan fingerprint density at radius 1 is 1.03 bits per heavy atom. The van der Waals surface area contributed by atoms with Gasteiger partial charge in [0.15, 0.2) is 0 Å². The van der Waals surface area contributed by atoms with Gasteiger partial charge in [0, 0.05) is 36.7 Å². The van der Waals surface area contributed by atoms with Gasteiger partial charge in [-0.1, -0.05) is 6.07 Å². The van der Waals surface area contributed by atoms with Gasteiger partial charge >= 0.3 is 6.18 Å². The number of carbonyl (C=O) groups is 1. The molecular formula is C25H24F3N5O. The fraction of sp³-hybridized carbons (Fsp3) is 0.360. The van der Waals surface area contributed by atoms with Gasteiger partial charge in [0.25, 0.3) is 5.91 Å². The summed E-state index contributed by atoms with van der Waals surface area (Å²) < 4.78 is 38.5. The third kappa shape index (κ3) is 3.99. The van der Waals surface area contributed by atoms with Crippen LogP contribution in [0.4, 0.5) is 19.0 Å². The lowest BCUT2D eigenvalue weighted by Gasteiger charge is -2.34. The first-order valence-electron chi connectivity index (χ1n) is 11.2. The SMILES string of the molecule is Cc1cccnc1-c1c(C)ccnc1C(=O)N1C[C@H]2C[C@@H](Nc3ccc(C(F)(F)F)cn3)[C@@H]1C2. The summed E-state index contributed by atoms with van der Waals surface area (Å²) >= 11 is 0. The van der Waals surface area contributed by atoms with Crippen molar-refractivity contribution in [1.82, 2.24) is 19.9 Å². The van der Waals surface area contributed by atoms with Crippen LogP contribution in [0.15, 0.2) is 48.9 Å². The third-order valence-electron chi connectivity index (χ3n) is 6.77. The molecule has 2 aliphatic rings. The highest BCUT2D eigenvalue weighted by molar-refractivity contribution is 6.00. The molecule has 1 N–H and O–H groups in total. The molecule has 5 rings (SSSR count). The Bertz CT molecular complexity index is 1230. The van der Waals surface area contributed by atoms with Crippen molar-refractivity contribution in [3.8, 4) is 11.3 Å². The molecule has 9 heteroatoms. The number of fused-ring (bicyclic) bond motifs is 2. The average Bonchev–Trinajstić information content (AvgIpc) is 3.39. The summed E-state index contributed by atoms with van der Waals surface area (Å²) in [5.74, 6) is 0.547. The number of pyridine rings is 3. The molecule has 2 fully saturated rings. The van der Waals surface area contributed by atoms with E-state index in [4.69, 9.17) is 0 Å². The van der Waals surface area contributed by atoms with E-state index in [1.807, 2.05) is 36.9 Å². The predicted molar refractivity (Wildman–Crippen MR) is 121 cm³/mol. The molecule has 0 radical (unpaired) electrons. The van der Waals surface area contributed by atoms with E-state index >= 15 is 0 Å². The Kier molecular flexibility index (Phi) is 5.50. The number of aryl methyl sites for hydroxylation is 2. The molecule has 3 atom stereocenters. The quantitative estimate of drug-likeness (QED) is 0.592. The Labute approximate surface area is 195 Å². The van der Waals surface area contributed by atoms with E-state index in [0.29, 0.717) is 24.0 Å². The van der Waals surface area contributed by atoms with Crippen molar-refractivity contribution >= 4 is 11.7 Å². The third-order valence-corrected chi connectivity index (χ3v) is 6.77. The maximum Gasteiger partial charge on any atom is 0.417 e. The van der Waals surface area contributed by atoms with Crippen LogP contribution in [0.5, 0.6) is 0 Å². The molecule has 3 aromatic rings. The van der Waals surface area contributed by atoms with Crippen LogP contribution in [0, 0.1) is 19.8 Å². The lowest BCUT2D eigenvalue weighted by atomic mass is 9.98. The molecule has 1 amide bonds. The Morgan fingerprint density at radius 3 is 2.53 bits per heavy atom. The lowest BCUT2D eigenvalue weighted by Crippen LogP contribution is -2.48. The van der Waals surface area contributed by atoms with E-state index < -0.39 is 11.7 Å². The van der Waals surface area contributed by atoms with Gasteiger partial charge < -0.3 is 10.2 Å². The van der Waals surface area contributed by atoms with Crippen LogP contribution in [0.25, 0.3) is 11.3 Å². The highest BCUT2D eigenvalue weighted by atomic mass is 19.4. The van der Waals surface area contributed by atoms with E-state index in [-0.39, 0.29) is 18.0 Å². The van der Waals surface area contributed by atoms with Crippen LogP contribution in [-0.4, -0.2) is 44.4 Å². The van der Waals surface area contributed by atoms with Crippen LogP contribution in [0.2, 0.25) is 0 Å². The summed E-state index contributed by atoms with van der Waals surface area (Å²) in [6, 6.07) is 7.87. The zero-order valence-corrected chi connectivity index (χ0v) is 18.8.